The van der Waals surface area contributed by atoms with Crippen LogP contribution in [0, 0.1) is 0 Å². The zero-order valence-electron chi connectivity index (χ0n) is 12.4. The van der Waals surface area contributed by atoms with E-state index in [1.807, 2.05) is 6.92 Å². The van der Waals surface area contributed by atoms with Gasteiger partial charge in [0.05, 0.1) is 5.56 Å². The topological polar surface area (TPSA) is 101 Å². The molecule has 1 heterocycles. The van der Waals surface area contributed by atoms with E-state index in [9.17, 15) is 22.8 Å². The molecule has 6 nitrogen and oxygen atoms in total. The fraction of sp³-hybridized carbons (Fsp3) is 0.214. The average molecular weight is 358 g/mol. The van der Waals surface area contributed by atoms with Crippen molar-refractivity contribution >= 4 is 29.2 Å². The number of hydrogen-bond acceptors (Lipinski definition) is 5. The Hall–Kier alpha value is -2.49. The number of nitrogens with one attached hydrogen (secondary N) is 2. The molecule has 1 amide bonds. The lowest BCUT2D eigenvalue weighted by atomic mass is 10.1. The second-order valence-electron chi connectivity index (χ2n) is 4.59. The van der Waals surface area contributed by atoms with Crippen LogP contribution in [0.5, 0.6) is 0 Å². The lowest BCUT2D eigenvalue weighted by Crippen LogP contribution is -2.23. The van der Waals surface area contributed by atoms with Crippen molar-refractivity contribution in [3.63, 3.8) is 0 Å². The highest BCUT2D eigenvalue weighted by Gasteiger charge is 2.30. The predicted molar refractivity (Wildman–Crippen MR) is 85.1 cm³/mol. The Bertz CT molecular complexity index is 803. The van der Waals surface area contributed by atoms with Crippen LogP contribution in [-0.2, 0) is 6.18 Å². The van der Waals surface area contributed by atoms with Crippen LogP contribution >= 0.6 is 11.8 Å². The Morgan fingerprint density at radius 3 is 2.46 bits per heavy atom. The minimum absolute atomic E-state index is 0.0474. The summed E-state index contributed by atoms with van der Waals surface area (Å²) in [5.74, 6) is -0.270. The van der Waals surface area contributed by atoms with Gasteiger partial charge in [0.25, 0.3) is 11.5 Å². The number of nitrogen functional groups attached to an aromatic ring is 1. The molecule has 0 bridgehead atoms. The number of rotatable bonds is 4. The molecule has 0 aliphatic rings. The molecule has 1 aromatic heterocycles. The van der Waals surface area contributed by atoms with E-state index in [1.54, 1.807) is 0 Å². The van der Waals surface area contributed by atoms with Gasteiger partial charge in [0.1, 0.15) is 5.69 Å². The molecular weight excluding hydrogens is 345 g/mol. The third kappa shape index (κ3) is 4.07. The van der Waals surface area contributed by atoms with Gasteiger partial charge in [0.15, 0.2) is 11.0 Å². The van der Waals surface area contributed by atoms with Gasteiger partial charge >= 0.3 is 6.18 Å². The molecule has 1 aromatic carbocycles. The SMILES string of the molecule is CCSc1nc(N)c(NC(=O)c2ccc(C(F)(F)F)cc2)c(=O)[nH]1. The van der Waals surface area contributed by atoms with E-state index in [1.165, 1.54) is 11.8 Å². The fourth-order valence-electron chi connectivity index (χ4n) is 1.79. The van der Waals surface area contributed by atoms with Crippen molar-refractivity contribution in [1.29, 1.82) is 0 Å². The number of halogens is 3. The average Bonchev–Trinajstić information content (AvgIpc) is 2.50. The van der Waals surface area contributed by atoms with Crippen LogP contribution in [-0.4, -0.2) is 21.6 Å². The van der Waals surface area contributed by atoms with E-state index >= 15 is 0 Å². The van der Waals surface area contributed by atoms with Gasteiger partial charge in [-0.15, -0.1) is 0 Å². The van der Waals surface area contributed by atoms with Crippen LogP contribution in [0.25, 0.3) is 0 Å². The maximum Gasteiger partial charge on any atom is 0.416 e. The van der Waals surface area contributed by atoms with Crippen LogP contribution in [0.4, 0.5) is 24.7 Å². The van der Waals surface area contributed by atoms with Crippen molar-refractivity contribution in [2.75, 3.05) is 16.8 Å². The van der Waals surface area contributed by atoms with Crippen molar-refractivity contribution in [3.05, 3.63) is 45.7 Å². The molecule has 4 N–H and O–H groups in total. The molecule has 2 rings (SSSR count). The van der Waals surface area contributed by atoms with E-state index < -0.39 is 23.2 Å². The fourth-order valence-corrected chi connectivity index (χ4v) is 2.39. The summed E-state index contributed by atoms with van der Waals surface area (Å²) in [5.41, 5.74) is 3.84. The molecule has 0 saturated carbocycles. The number of aromatic amines is 1. The molecule has 0 aliphatic carbocycles. The van der Waals surface area contributed by atoms with Crippen molar-refractivity contribution in [1.82, 2.24) is 9.97 Å². The molecule has 0 aliphatic heterocycles. The number of amides is 1. The Kier molecular flexibility index (Phi) is 5.17. The van der Waals surface area contributed by atoms with Crippen molar-refractivity contribution < 1.29 is 18.0 Å². The van der Waals surface area contributed by atoms with Gasteiger partial charge in [-0.3, -0.25) is 14.6 Å². The number of thioether (sulfide) groups is 1. The maximum atomic E-state index is 12.5. The molecule has 128 valence electrons. The Labute approximate surface area is 138 Å². The van der Waals surface area contributed by atoms with E-state index in [2.05, 4.69) is 15.3 Å². The first-order chi connectivity index (χ1) is 11.2. The molecule has 0 atom stereocenters. The third-order valence-corrected chi connectivity index (χ3v) is 3.68. The molecule has 0 spiro atoms. The lowest BCUT2D eigenvalue weighted by Gasteiger charge is -2.09. The summed E-state index contributed by atoms with van der Waals surface area (Å²) in [6, 6.07) is 3.58. The van der Waals surface area contributed by atoms with E-state index in [4.69, 9.17) is 5.73 Å². The number of hydrogen-bond donors (Lipinski definition) is 3. The lowest BCUT2D eigenvalue weighted by molar-refractivity contribution is -0.137. The number of H-pyrrole nitrogens is 1. The highest BCUT2D eigenvalue weighted by Crippen LogP contribution is 2.29. The maximum absolute atomic E-state index is 12.5. The number of carbonyl (C=O) groups is 1. The first-order valence-electron chi connectivity index (χ1n) is 6.73. The number of aromatic nitrogens is 2. The zero-order valence-corrected chi connectivity index (χ0v) is 13.2. The number of nitrogens with zero attached hydrogens (tertiary/aromatic N) is 1. The van der Waals surface area contributed by atoms with Crippen molar-refractivity contribution in [2.24, 2.45) is 0 Å². The van der Waals surface area contributed by atoms with Crippen LogP contribution in [0.3, 0.4) is 0 Å². The van der Waals surface area contributed by atoms with Crippen molar-refractivity contribution in [3.8, 4) is 0 Å². The summed E-state index contributed by atoms with van der Waals surface area (Å²) < 4.78 is 37.5. The molecule has 0 unspecified atom stereocenters. The summed E-state index contributed by atoms with van der Waals surface area (Å²) in [6.07, 6.45) is -4.49. The largest absolute Gasteiger partial charge is 0.416 e. The van der Waals surface area contributed by atoms with Crippen LogP contribution in [0.2, 0.25) is 0 Å². The van der Waals surface area contributed by atoms with Gasteiger partial charge in [0, 0.05) is 5.56 Å². The van der Waals surface area contributed by atoms with Crippen LogP contribution in [0.1, 0.15) is 22.8 Å². The van der Waals surface area contributed by atoms with Gasteiger partial charge < -0.3 is 11.1 Å². The Morgan fingerprint density at radius 1 is 1.33 bits per heavy atom. The highest BCUT2D eigenvalue weighted by atomic mass is 32.2. The molecule has 0 fully saturated rings. The summed E-state index contributed by atoms with van der Waals surface area (Å²) in [6.45, 7) is 1.86. The zero-order chi connectivity index (χ0) is 17.9. The van der Waals surface area contributed by atoms with Crippen LogP contribution in [0.15, 0.2) is 34.2 Å². The number of alkyl halides is 3. The van der Waals surface area contributed by atoms with Gasteiger partial charge in [-0.2, -0.15) is 13.2 Å². The molecule has 10 heteroatoms. The first-order valence-corrected chi connectivity index (χ1v) is 7.72. The number of nitrogens with two attached hydrogens (primary N) is 1. The minimum atomic E-state index is -4.49. The van der Waals surface area contributed by atoms with E-state index in [0.29, 0.717) is 10.9 Å². The molecule has 0 saturated heterocycles. The standard InChI is InChI=1S/C14H13F3N4O2S/c1-2-24-13-20-10(18)9(12(23)21-13)19-11(22)7-3-5-8(6-4-7)14(15,16)17/h3-6H,2H2,1H3,(H,19,22)(H3,18,20,21,23). The summed E-state index contributed by atoms with van der Waals surface area (Å²) in [4.78, 5) is 30.4. The molecule has 24 heavy (non-hydrogen) atoms. The minimum Gasteiger partial charge on any atom is -0.382 e. The predicted octanol–water partition coefficient (Wildman–Crippen LogP) is 2.74. The van der Waals surface area contributed by atoms with Gasteiger partial charge in [-0.25, -0.2) is 4.98 Å². The normalized spacial score (nSPS) is 11.3. The second kappa shape index (κ2) is 6.95. The number of benzene rings is 1. The second-order valence-corrected chi connectivity index (χ2v) is 5.85. The number of anilines is 2. The van der Waals surface area contributed by atoms with E-state index in [-0.39, 0.29) is 17.1 Å². The quantitative estimate of drug-likeness (QED) is 0.576. The molecular formula is C14H13F3N4O2S. The highest BCUT2D eigenvalue weighted by molar-refractivity contribution is 7.99. The molecule has 0 radical (unpaired) electrons. The van der Waals surface area contributed by atoms with Gasteiger partial charge in [-0.1, -0.05) is 18.7 Å². The Balaban J connectivity index is 2.22. The van der Waals surface area contributed by atoms with E-state index in [0.717, 1.165) is 24.3 Å². The van der Waals surface area contributed by atoms with Gasteiger partial charge in [0.2, 0.25) is 0 Å². The first kappa shape index (κ1) is 17.9. The number of carbonyl (C=O) groups excluding carboxylic acids is 1. The van der Waals surface area contributed by atoms with Crippen LogP contribution < -0.4 is 16.6 Å². The van der Waals surface area contributed by atoms with Crippen molar-refractivity contribution in [2.45, 2.75) is 18.3 Å². The summed E-state index contributed by atoms with van der Waals surface area (Å²) >= 11 is 1.27. The smallest absolute Gasteiger partial charge is 0.382 e. The Morgan fingerprint density at radius 2 is 1.96 bits per heavy atom. The summed E-state index contributed by atoms with van der Waals surface area (Å²) in [7, 11) is 0. The third-order valence-electron chi connectivity index (χ3n) is 2.92. The monoisotopic (exact) mass is 358 g/mol. The summed E-state index contributed by atoms with van der Waals surface area (Å²) in [5, 5.41) is 2.57. The van der Waals surface area contributed by atoms with Gasteiger partial charge in [-0.05, 0) is 30.0 Å². The molecule has 2 aromatic rings.